The summed E-state index contributed by atoms with van der Waals surface area (Å²) in [6.07, 6.45) is 7.05. The lowest BCUT2D eigenvalue weighted by Gasteiger charge is -2.49. The summed E-state index contributed by atoms with van der Waals surface area (Å²) in [6.45, 7) is 8.97. The summed E-state index contributed by atoms with van der Waals surface area (Å²) in [6, 6.07) is 9.94. The average molecular weight is 475 g/mol. The topological polar surface area (TPSA) is 83.8 Å². The Morgan fingerprint density at radius 2 is 1.69 bits per heavy atom. The smallest absolute Gasteiger partial charge is 0.157 e. The minimum atomic E-state index is -0.524. The monoisotopic (exact) mass is 474 g/mol. The maximum absolute atomic E-state index is 12.2. The van der Waals surface area contributed by atoms with Gasteiger partial charge in [0, 0.05) is 22.8 Å². The third-order valence-corrected chi connectivity index (χ3v) is 9.16. The SMILES string of the molecule is C/C1=C\C[C@]2(C)[C@@H](c3ccccc3)c3c(O)c(C=O)c(O)c(C=O)c3O[C@H]2[C@@H]2[C@@H](CCC1)C2(C)C. The van der Waals surface area contributed by atoms with E-state index in [0.29, 0.717) is 24.1 Å². The Morgan fingerprint density at radius 1 is 1.00 bits per heavy atom. The molecule has 0 unspecified atom stereocenters. The van der Waals surface area contributed by atoms with Crippen LogP contribution in [0.5, 0.6) is 17.2 Å². The molecule has 1 heterocycles. The van der Waals surface area contributed by atoms with Crippen LogP contribution in [0.3, 0.4) is 0 Å². The number of hydrogen-bond acceptors (Lipinski definition) is 5. The van der Waals surface area contributed by atoms with Crippen LogP contribution in [0.15, 0.2) is 42.0 Å². The molecule has 35 heavy (non-hydrogen) atoms. The molecule has 2 aliphatic carbocycles. The van der Waals surface area contributed by atoms with E-state index < -0.39 is 11.2 Å². The number of carbonyl (C=O) groups excluding carboxylic acids is 2. The molecular formula is C30H34O5. The number of phenols is 2. The molecular weight excluding hydrogens is 440 g/mol. The second-order valence-corrected chi connectivity index (χ2v) is 11.5. The summed E-state index contributed by atoms with van der Waals surface area (Å²) in [4.78, 5) is 24.1. The van der Waals surface area contributed by atoms with E-state index in [-0.39, 0.29) is 46.0 Å². The maximum Gasteiger partial charge on any atom is 0.157 e. The molecule has 0 radical (unpaired) electrons. The molecule has 5 nitrogen and oxygen atoms in total. The van der Waals surface area contributed by atoms with E-state index in [4.69, 9.17) is 4.74 Å². The van der Waals surface area contributed by atoms with Gasteiger partial charge < -0.3 is 14.9 Å². The number of rotatable bonds is 3. The molecule has 0 saturated heterocycles. The van der Waals surface area contributed by atoms with Gasteiger partial charge in [0.2, 0.25) is 0 Å². The number of ether oxygens (including phenoxy) is 1. The molecule has 1 saturated carbocycles. The lowest BCUT2D eigenvalue weighted by atomic mass is 9.61. The second-order valence-electron chi connectivity index (χ2n) is 11.5. The number of benzene rings is 2. The Balaban J connectivity index is 1.84. The first-order chi connectivity index (χ1) is 16.7. The third-order valence-electron chi connectivity index (χ3n) is 9.16. The summed E-state index contributed by atoms with van der Waals surface area (Å²) in [5.74, 6) is -0.202. The molecule has 5 rings (SSSR count). The quantitative estimate of drug-likeness (QED) is 0.396. The fraction of sp³-hybridized carbons (Fsp3) is 0.467. The number of aldehydes is 2. The molecule has 0 amide bonds. The zero-order valence-corrected chi connectivity index (χ0v) is 20.9. The number of aromatic hydroxyl groups is 2. The number of carbonyl (C=O) groups is 2. The molecule has 2 N–H and O–H groups in total. The molecule has 184 valence electrons. The van der Waals surface area contributed by atoms with Gasteiger partial charge in [-0.05, 0) is 49.5 Å². The Morgan fingerprint density at radius 3 is 2.34 bits per heavy atom. The molecule has 3 aliphatic rings. The summed E-state index contributed by atoms with van der Waals surface area (Å²) in [5, 5.41) is 22.1. The second kappa shape index (κ2) is 8.25. The summed E-state index contributed by atoms with van der Waals surface area (Å²) < 4.78 is 6.73. The molecule has 2 aromatic carbocycles. The van der Waals surface area contributed by atoms with Crippen LogP contribution in [0.4, 0.5) is 0 Å². The predicted octanol–water partition coefficient (Wildman–Crippen LogP) is 6.41. The highest BCUT2D eigenvalue weighted by atomic mass is 16.5. The molecule has 2 aromatic rings. The highest BCUT2D eigenvalue weighted by molar-refractivity contribution is 5.95. The highest BCUT2D eigenvalue weighted by Gasteiger charge is 2.67. The van der Waals surface area contributed by atoms with Gasteiger partial charge in [-0.2, -0.15) is 0 Å². The van der Waals surface area contributed by atoms with Crippen molar-refractivity contribution < 1.29 is 24.5 Å². The van der Waals surface area contributed by atoms with Gasteiger partial charge in [0.05, 0.1) is 11.1 Å². The lowest BCUT2D eigenvalue weighted by Crippen LogP contribution is -2.48. The Kier molecular flexibility index (Phi) is 5.58. The van der Waals surface area contributed by atoms with Crippen molar-refractivity contribution in [2.75, 3.05) is 0 Å². The van der Waals surface area contributed by atoms with Crippen molar-refractivity contribution in [3.05, 3.63) is 64.2 Å². The number of hydrogen-bond donors (Lipinski definition) is 2. The van der Waals surface area contributed by atoms with Crippen LogP contribution < -0.4 is 4.74 Å². The van der Waals surface area contributed by atoms with Crippen molar-refractivity contribution in [3.63, 3.8) is 0 Å². The molecule has 1 fully saturated rings. The molecule has 5 heteroatoms. The molecule has 5 atom stereocenters. The highest BCUT2D eigenvalue weighted by Crippen LogP contribution is 2.70. The van der Waals surface area contributed by atoms with Gasteiger partial charge in [0.1, 0.15) is 23.4 Å². The fourth-order valence-electron chi connectivity index (χ4n) is 7.08. The van der Waals surface area contributed by atoms with Crippen molar-refractivity contribution in [1.29, 1.82) is 0 Å². The van der Waals surface area contributed by atoms with Crippen LogP contribution >= 0.6 is 0 Å². The van der Waals surface area contributed by atoms with Gasteiger partial charge in [-0.25, -0.2) is 0 Å². The van der Waals surface area contributed by atoms with Crippen LogP contribution in [0.2, 0.25) is 0 Å². The zero-order chi connectivity index (χ0) is 25.1. The number of allylic oxidation sites excluding steroid dienone is 2. The molecule has 1 aliphatic heterocycles. The zero-order valence-electron chi connectivity index (χ0n) is 20.9. The predicted molar refractivity (Wildman–Crippen MR) is 134 cm³/mol. The van der Waals surface area contributed by atoms with Crippen LogP contribution in [0, 0.1) is 22.7 Å². The van der Waals surface area contributed by atoms with Gasteiger partial charge in [-0.15, -0.1) is 0 Å². The first-order valence-electron chi connectivity index (χ1n) is 12.6. The van der Waals surface area contributed by atoms with Crippen LogP contribution in [0.1, 0.15) is 91.1 Å². The summed E-state index contributed by atoms with van der Waals surface area (Å²) in [7, 11) is 0. The normalized spacial score (nSPS) is 32.5. The summed E-state index contributed by atoms with van der Waals surface area (Å²) in [5.41, 5.74) is 2.02. The number of fused-ring (bicyclic) bond motifs is 4. The van der Waals surface area contributed by atoms with E-state index in [1.807, 2.05) is 30.3 Å². The largest absolute Gasteiger partial charge is 0.507 e. The fourth-order valence-corrected chi connectivity index (χ4v) is 7.08. The van der Waals surface area contributed by atoms with Gasteiger partial charge in [-0.3, -0.25) is 9.59 Å². The number of phenolic OH excluding ortho intramolecular Hbond substituents is 2. The Bertz CT molecular complexity index is 1210. The van der Waals surface area contributed by atoms with E-state index >= 15 is 0 Å². The lowest BCUT2D eigenvalue weighted by molar-refractivity contribution is -0.00140. The maximum atomic E-state index is 12.2. The minimum Gasteiger partial charge on any atom is -0.507 e. The van der Waals surface area contributed by atoms with Crippen LogP contribution in [-0.4, -0.2) is 28.9 Å². The minimum absolute atomic E-state index is 0.0679. The van der Waals surface area contributed by atoms with Gasteiger partial charge in [0.15, 0.2) is 12.6 Å². The van der Waals surface area contributed by atoms with Gasteiger partial charge in [0.25, 0.3) is 0 Å². The van der Waals surface area contributed by atoms with E-state index in [9.17, 15) is 19.8 Å². The Hall–Kier alpha value is -3.08. The van der Waals surface area contributed by atoms with Crippen molar-refractivity contribution in [3.8, 4) is 17.2 Å². The van der Waals surface area contributed by atoms with Crippen molar-refractivity contribution in [2.45, 2.75) is 65.4 Å². The van der Waals surface area contributed by atoms with Crippen molar-refractivity contribution in [2.24, 2.45) is 22.7 Å². The van der Waals surface area contributed by atoms with E-state index in [1.165, 1.54) is 5.57 Å². The van der Waals surface area contributed by atoms with E-state index in [0.717, 1.165) is 31.2 Å². The standard InChI is InChI=1S/C30H34O5/c1-17-9-8-12-21-24(29(21,2)3)28-30(4,14-13-17)23(18-10-6-5-7-11-18)22-26(34)19(15-31)25(33)20(16-32)27(22)35-28/h5-7,10-11,13,15-16,21,23-24,28,33-34H,8-9,12,14H2,1-4H3/b17-13+/t21-,23+,24+,28+,30-/m1/s1. The van der Waals surface area contributed by atoms with Crippen LogP contribution in [-0.2, 0) is 0 Å². The van der Waals surface area contributed by atoms with Gasteiger partial charge in [-0.1, -0.05) is 62.8 Å². The first kappa shape index (κ1) is 23.7. The summed E-state index contributed by atoms with van der Waals surface area (Å²) >= 11 is 0. The van der Waals surface area contributed by atoms with Gasteiger partial charge >= 0.3 is 0 Å². The van der Waals surface area contributed by atoms with Crippen molar-refractivity contribution >= 4 is 12.6 Å². The van der Waals surface area contributed by atoms with Crippen molar-refractivity contribution in [1.82, 2.24) is 0 Å². The van der Waals surface area contributed by atoms with E-state index in [2.05, 4.69) is 33.8 Å². The first-order valence-corrected chi connectivity index (χ1v) is 12.6. The third kappa shape index (κ3) is 3.42. The molecule has 0 spiro atoms. The van der Waals surface area contributed by atoms with E-state index in [1.54, 1.807) is 0 Å². The molecule has 0 bridgehead atoms. The Labute approximate surface area is 206 Å². The van der Waals surface area contributed by atoms with Crippen LogP contribution in [0.25, 0.3) is 0 Å². The average Bonchev–Trinajstić information content (AvgIpc) is 3.38. The molecule has 0 aromatic heterocycles.